The molecule has 252 valence electrons. The van der Waals surface area contributed by atoms with E-state index in [0.29, 0.717) is 0 Å². The highest BCUT2D eigenvalue weighted by Gasteiger charge is 2.57. The van der Waals surface area contributed by atoms with E-state index in [1.54, 1.807) is 0 Å². The predicted molar refractivity (Wildman–Crippen MR) is 154 cm³/mol. The zero-order valence-corrected chi connectivity index (χ0v) is 26.9. The molecule has 14 nitrogen and oxygen atoms in total. The third-order valence-electron chi connectivity index (χ3n) is 9.19. The number of carboxylic acids is 7. The largest absolute Gasteiger partial charge is 0.481 e. The smallest absolute Gasteiger partial charge is 0.309 e. The first-order valence-electron chi connectivity index (χ1n) is 14.0. The van der Waals surface area contributed by atoms with Crippen LogP contribution in [-0.4, -0.2) is 77.5 Å². The summed E-state index contributed by atoms with van der Waals surface area (Å²) in [4.78, 5) is 86.6. The molecule has 0 aliphatic rings. The van der Waals surface area contributed by atoms with E-state index < -0.39 is 118 Å². The molecule has 0 radical (unpaired) electrons. The Morgan fingerprint density at radius 3 is 0.682 bits per heavy atom. The van der Waals surface area contributed by atoms with Gasteiger partial charge in [0.05, 0.1) is 37.9 Å². The van der Waals surface area contributed by atoms with Crippen molar-refractivity contribution < 1.29 is 69.3 Å². The molecule has 0 aromatic rings. The van der Waals surface area contributed by atoms with E-state index in [0.717, 1.165) is 27.7 Å². The van der Waals surface area contributed by atoms with Crippen LogP contribution in [-0.2, 0) is 33.6 Å². The number of aliphatic carboxylic acids is 7. The van der Waals surface area contributed by atoms with E-state index in [1.807, 2.05) is 0 Å². The van der Waals surface area contributed by atoms with E-state index in [9.17, 15) is 69.3 Å². The molecule has 0 rings (SSSR count). The Bertz CT molecular complexity index is 1190. The Hall–Kier alpha value is -3.71. The van der Waals surface area contributed by atoms with Crippen LogP contribution in [0.1, 0.15) is 107 Å². The van der Waals surface area contributed by atoms with Crippen molar-refractivity contribution in [1.29, 1.82) is 0 Å². The van der Waals surface area contributed by atoms with Gasteiger partial charge in [-0.05, 0) is 100 Å². The summed E-state index contributed by atoms with van der Waals surface area (Å²) in [5, 5.41) is 70.3. The molecule has 7 N–H and O–H groups in total. The molecule has 0 saturated heterocycles. The number of carboxylic acid groups (broad SMARTS) is 7. The summed E-state index contributed by atoms with van der Waals surface area (Å²) in [6, 6.07) is 0. The third-order valence-corrected chi connectivity index (χ3v) is 9.19. The van der Waals surface area contributed by atoms with Crippen molar-refractivity contribution in [2.45, 2.75) is 107 Å². The average molecular weight is 633 g/mol. The lowest BCUT2D eigenvalue weighted by molar-refractivity contribution is -0.168. The van der Waals surface area contributed by atoms with Crippen molar-refractivity contribution in [3.8, 4) is 0 Å². The maximum Gasteiger partial charge on any atom is 0.309 e. The normalized spacial score (nSPS) is 20.2. The lowest BCUT2D eigenvalue weighted by Crippen LogP contribution is -2.49. The Balaban J connectivity index is 6.97. The zero-order chi connectivity index (χ0) is 35.5. The molecule has 0 aromatic heterocycles. The highest BCUT2D eigenvalue weighted by atomic mass is 16.4. The fourth-order valence-corrected chi connectivity index (χ4v) is 6.78. The van der Waals surface area contributed by atoms with Crippen LogP contribution in [0.4, 0.5) is 0 Å². The first-order chi connectivity index (χ1) is 19.4. The van der Waals surface area contributed by atoms with Crippen molar-refractivity contribution in [1.82, 2.24) is 0 Å². The number of rotatable bonds is 20. The van der Waals surface area contributed by atoms with Crippen LogP contribution in [0.25, 0.3) is 0 Å². The molecular weight excluding hydrogens is 584 g/mol. The summed E-state index contributed by atoms with van der Waals surface area (Å²) < 4.78 is 0. The maximum absolute atomic E-state index is 12.7. The molecule has 0 aliphatic carbocycles. The van der Waals surface area contributed by atoms with E-state index in [4.69, 9.17) is 0 Å². The fourth-order valence-electron chi connectivity index (χ4n) is 6.78. The van der Waals surface area contributed by atoms with E-state index in [2.05, 4.69) is 0 Å². The van der Waals surface area contributed by atoms with E-state index in [1.165, 1.54) is 34.6 Å². The first kappa shape index (κ1) is 40.3. The second-order valence-electron chi connectivity index (χ2n) is 14.8. The molecule has 0 fully saturated rings. The van der Waals surface area contributed by atoms with Gasteiger partial charge in [0.15, 0.2) is 0 Å². The zero-order valence-electron chi connectivity index (χ0n) is 26.9. The van der Waals surface area contributed by atoms with Crippen molar-refractivity contribution in [3.05, 3.63) is 0 Å². The molecule has 44 heavy (non-hydrogen) atoms. The first-order valence-corrected chi connectivity index (χ1v) is 14.0. The Labute approximate surface area is 256 Å². The Kier molecular flexibility index (Phi) is 12.0. The van der Waals surface area contributed by atoms with Gasteiger partial charge in [-0.1, -0.05) is 6.92 Å². The summed E-state index contributed by atoms with van der Waals surface area (Å²) in [5.74, 6) is -10.5. The molecule has 14 heteroatoms. The second-order valence-corrected chi connectivity index (χ2v) is 14.8. The van der Waals surface area contributed by atoms with Crippen LogP contribution < -0.4 is 0 Å². The Morgan fingerprint density at radius 2 is 0.523 bits per heavy atom. The maximum atomic E-state index is 12.7. The van der Waals surface area contributed by atoms with Crippen LogP contribution in [0.2, 0.25) is 0 Å². The summed E-state index contributed by atoms with van der Waals surface area (Å²) in [6.45, 7) is 11.0. The molecule has 0 aromatic carbocycles. The minimum Gasteiger partial charge on any atom is -0.481 e. The molecule has 6 unspecified atom stereocenters. The third kappa shape index (κ3) is 8.91. The van der Waals surface area contributed by atoms with Gasteiger partial charge in [-0.2, -0.15) is 0 Å². The highest BCUT2D eigenvalue weighted by Crippen LogP contribution is 2.53. The lowest BCUT2D eigenvalue weighted by atomic mass is 9.57. The van der Waals surface area contributed by atoms with Crippen LogP contribution in [0.15, 0.2) is 0 Å². The predicted octanol–water partition coefficient (Wildman–Crippen LogP) is 4.39. The van der Waals surface area contributed by atoms with Crippen molar-refractivity contribution in [2.24, 2.45) is 37.9 Å². The molecule has 0 amide bonds. The minimum atomic E-state index is -2.18. The van der Waals surface area contributed by atoms with Gasteiger partial charge in [-0.25, -0.2) is 0 Å². The summed E-state index contributed by atoms with van der Waals surface area (Å²) in [7, 11) is 0. The van der Waals surface area contributed by atoms with E-state index in [-0.39, 0.29) is 6.42 Å². The monoisotopic (exact) mass is 632 g/mol. The van der Waals surface area contributed by atoms with Gasteiger partial charge in [0.2, 0.25) is 0 Å². The minimum absolute atomic E-state index is 0.0137. The fraction of sp³-hybridized carbons (Fsp3) is 0.767. The molecule has 0 aliphatic heterocycles. The number of hydrogen-bond acceptors (Lipinski definition) is 7. The van der Waals surface area contributed by atoms with Gasteiger partial charge in [0.25, 0.3) is 0 Å². The highest BCUT2D eigenvalue weighted by molar-refractivity contribution is 5.84. The summed E-state index contributed by atoms with van der Waals surface area (Å²) >= 11 is 0. The quantitative estimate of drug-likeness (QED) is 0.0981. The Morgan fingerprint density at radius 1 is 0.341 bits per heavy atom. The van der Waals surface area contributed by atoms with Crippen LogP contribution in [0.5, 0.6) is 0 Å². The van der Waals surface area contributed by atoms with Gasteiger partial charge in [-0.3, -0.25) is 33.6 Å². The van der Waals surface area contributed by atoms with Crippen molar-refractivity contribution >= 4 is 41.8 Å². The molecule has 0 saturated carbocycles. The summed E-state index contributed by atoms with van der Waals surface area (Å²) in [6.07, 6.45) is -4.00. The number of carbonyl (C=O) groups is 7. The molecule has 0 spiro atoms. The molecule has 0 heterocycles. The van der Waals surface area contributed by atoms with Crippen molar-refractivity contribution in [3.63, 3.8) is 0 Å². The van der Waals surface area contributed by atoms with Crippen molar-refractivity contribution in [2.75, 3.05) is 0 Å². The van der Waals surface area contributed by atoms with E-state index >= 15 is 0 Å². The van der Waals surface area contributed by atoms with Gasteiger partial charge in [-0.15, -0.1) is 0 Å². The van der Waals surface area contributed by atoms with Crippen LogP contribution in [0, 0.1) is 37.9 Å². The van der Waals surface area contributed by atoms with Gasteiger partial charge >= 0.3 is 41.8 Å². The molecule has 0 bridgehead atoms. The molecular formula is C30H48O14. The SMILES string of the molecule is CCC(C)(CC(C)(CC(C)(CC(C)(CC(C)(CC(C)(CC(C)(C)C(=O)O)C(=O)O)C(=O)O)C(=O)O)C(=O)O)C(=O)O)C(=O)O. The van der Waals surface area contributed by atoms with Crippen LogP contribution in [0.3, 0.4) is 0 Å². The average Bonchev–Trinajstić information content (AvgIpc) is 2.82. The molecule has 6 atom stereocenters. The number of hydrogen-bond donors (Lipinski definition) is 7. The standard InChI is InChI=1S/C30H48O14/c1-10-25(4,18(33)34)12-27(6,20(37)38)14-29(8,22(41)42)16-30(9,23(43)44)15-28(7,21(39)40)13-26(5,19(35)36)11-24(2,3)17(31)32/h10-16H2,1-9H3,(H,31,32)(H,33,34)(H,35,36)(H,37,38)(H,39,40)(H,41,42)(H,43,44). The lowest BCUT2D eigenvalue weighted by Gasteiger charge is -2.44. The van der Waals surface area contributed by atoms with Gasteiger partial charge < -0.3 is 35.7 Å². The summed E-state index contributed by atoms with van der Waals surface area (Å²) in [5.41, 5.74) is -13.5. The topological polar surface area (TPSA) is 261 Å². The van der Waals surface area contributed by atoms with Gasteiger partial charge in [0, 0.05) is 0 Å². The van der Waals surface area contributed by atoms with Gasteiger partial charge in [0.1, 0.15) is 0 Å². The van der Waals surface area contributed by atoms with Crippen LogP contribution >= 0.6 is 0 Å². The second kappa shape index (κ2) is 13.1.